The van der Waals surface area contributed by atoms with E-state index in [1.807, 2.05) is 4.90 Å². The van der Waals surface area contributed by atoms with Gasteiger partial charge in [-0.3, -0.25) is 9.78 Å². The Morgan fingerprint density at radius 3 is 2.74 bits per heavy atom. The molecule has 2 heterocycles. The molecule has 1 saturated heterocycles. The Labute approximate surface area is 113 Å². The third-order valence-corrected chi connectivity index (χ3v) is 3.54. The lowest BCUT2D eigenvalue weighted by molar-refractivity contribution is 0.0643. The van der Waals surface area contributed by atoms with Gasteiger partial charge in [0, 0.05) is 56.7 Å². The van der Waals surface area contributed by atoms with Gasteiger partial charge in [0.2, 0.25) is 0 Å². The number of pyridine rings is 1. The van der Waals surface area contributed by atoms with Crippen molar-refractivity contribution >= 4 is 5.91 Å². The molecule has 0 atom stereocenters. The number of amides is 1. The van der Waals surface area contributed by atoms with E-state index in [1.165, 1.54) is 0 Å². The molecule has 0 bridgehead atoms. The van der Waals surface area contributed by atoms with Crippen LogP contribution < -0.4 is 0 Å². The van der Waals surface area contributed by atoms with Crippen LogP contribution in [0.2, 0.25) is 0 Å². The molecule has 19 heavy (non-hydrogen) atoms. The molecule has 1 aromatic heterocycles. The van der Waals surface area contributed by atoms with Crippen LogP contribution in [0.4, 0.5) is 0 Å². The summed E-state index contributed by atoms with van der Waals surface area (Å²) in [7, 11) is 0. The lowest BCUT2D eigenvalue weighted by atomic mass is 10.1. The summed E-state index contributed by atoms with van der Waals surface area (Å²) in [5, 5.41) is 8.91. The summed E-state index contributed by atoms with van der Waals surface area (Å²) in [6.07, 6.45) is 2.13. The van der Waals surface area contributed by atoms with Gasteiger partial charge in [-0.25, -0.2) is 0 Å². The van der Waals surface area contributed by atoms with Crippen LogP contribution >= 0.6 is 0 Å². The number of aliphatic hydroxyl groups excluding tert-OH is 1. The monoisotopic (exact) mass is 263 g/mol. The molecular weight excluding hydrogens is 242 g/mol. The fourth-order valence-corrected chi connectivity index (χ4v) is 2.31. The van der Waals surface area contributed by atoms with Gasteiger partial charge in [-0.1, -0.05) is 6.92 Å². The van der Waals surface area contributed by atoms with E-state index in [4.69, 9.17) is 5.11 Å². The summed E-state index contributed by atoms with van der Waals surface area (Å²) in [6, 6.07) is 3.53. The van der Waals surface area contributed by atoms with Gasteiger partial charge in [0.15, 0.2) is 0 Å². The first-order valence-electron chi connectivity index (χ1n) is 6.82. The van der Waals surface area contributed by atoms with Crippen LogP contribution in [0.1, 0.15) is 23.0 Å². The molecular formula is C14H21N3O2. The number of carbonyl (C=O) groups is 1. The first kappa shape index (κ1) is 14.0. The Bertz CT molecular complexity index is 428. The zero-order chi connectivity index (χ0) is 13.7. The minimum atomic E-state index is 0.0554. The third kappa shape index (κ3) is 3.52. The molecule has 0 radical (unpaired) electrons. The second-order valence-corrected chi connectivity index (χ2v) is 4.74. The molecule has 5 nitrogen and oxygen atoms in total. The fourth-order valence-electron chi connectivity index (χ4n) is 2.31. The van der Waals surface area contributed by atoms with E-state index in [0.717, 1.165) is 38.4 Å². The largest absolute Gasteiger partial charge is 0.396 e. The van der Waals surface area contributed by atoms with Crippen LogP contribution in [-0.4, -0.2) is 65.1 Å². The highest BCUT2D eigenvalue weighted by atomic mass is 16.3. The molecule has 0 saturated carbocycles. The second-order valence-electron chi connectivity index (χ2n) is 4.74. The second kappa shape index (κ2) is 6.63. The van der Waals surface area contributed by atoms with Gasteiger partial charge in [-0.15, -0.1) is 0 Å². The number of rotatable bonds is 4. The van der Waals surface area contributed by atoms with Gasteiger partial charge in [0.25, 0.3) is 5.91 Å². The van der Waals surface area contributed by atoms with Crippen molar-refractivity contribution < 1.29 is 9.90 Å². The van der Waals surface area contributed by atoms with E-state index in [9.17, 15) is 4.79 Å². The third-order valence-electron chi connectivity index (χ3n) is 3.54. The average molecular weight is 263 g/mol. The summed E-state index contributed by atoms with van der Waals surface area (Å²) in [4.78, 5) is 20.7. The molecule has 0 unspecified atom stereocenters. The van der Waals surface area contributed by atoms with Crippen molar-refractivity contribution in [2.45, 2.75) is 13.3 Å². The quantitative estimate of drug-likeness (QED) is 0.854. The standard InChI is InChI=1S/C14H21N3O2/c1-2-16-6-8-17(9-7-16)14(19)12-3-5-15-13(11-12)4-10-18/h3,5,11,18H,2,4,6-10H2,1H3. The summed E-state index contributed by atoms with van der Waals surface area (Å²) < 4.78 is 0. The number of hydrogen-bond acceptors (Lipinski definition) is 4. The summed E-state index contributed by atoms with van der Waals surface area (Å²) in [6.45, 7) is 6.68. The minimum Gasteiger partial charge on any atom is -0.396 e. The number of aliphatic hydroxyl groups is 1. The SMILES string of the molecule is CCN1CCN(C(=O)c2ccnc(CCO)c2)CC1. The van der Waals surface area contributed by atoms with Gasteiger partial charge in [0.05, 0.1) is 0 Å². The molecule has 104 valence electrons. The molecule has 5 heteroatoms. The molecule has 1 aliphatic heterocycles. The van der Waals surface area contributed by atoms with Crippen LogP contribution in [0.25, 0.3) is 0 Å². The molecule has 0 aliphatic carbocycles. The first-order valence-corrected chi connectivity index (χ1v) is 6.82. The van der Waals surface area contributed by atoms with Crippen LogP contribution in [0.15, 0.2) is 18.3 Å². The minimum absolute atomic E-state index is 0.0554. The highest BCUT2D eigenvalue weighted by molar-refractivity contribution is 5.94. The van der Waals surface area contributed by atoms with Crippen LogP contribution in [0.3, 0.4) is 0 Å². The first-order chi connectivity index (χ1) is 9.24. The highest BCUT2D eigenvalue weighted by Crippen LogP contribution is 2.10. The van der Waals surface area contributed by atoms with E-state index in [0.29, 0.717) is 12.0 Å². The Morgan fingerprint density at radius 1 is 1.37 bits per heavy atom. The van der Waals surface area contributed by atoms with Gasteiger partial charge < -0.3 is 14.9 Å². The Kier molecular flexibility index (Phi) is 4.87. The molecule has 1 N–H and O–H groups in total. The molecule has 1 aromatic rings. The van der Waals surface area contributed by atoms with E-state index < -0.39 is 0 Å². The molecule has 0 spiro atoms. The van der Waals surface area contributed by atoms with Crippen molar-refractivity contribution in [1.29, 1.82) is 0 Å². The van der Waals surface area contributed by atoms with E-state index in [-0.39, 0.29) is 12.5 Å². The lowest BCUT2D eigenvalue weighted by Gasteiger charge is -2.34. The molecule has 1 amide bonds. The zero-order valence-electron chi connectivity index (χ0n) is 11.4. The predicted molar refractivity (Wildman–Crippen MR) is 73.0 cm³/mol. The van der Waals surface area contributed by atoms with Gasteiger partial charge >= 0.3 is 0 Å². The lowest BCUT2D eigenvalue weighted by Crippen LogP contribution is -2.48. The number of aromatic nitrogens is 1. The van der Waals surface area contributed by atoms with Crippen molar-refractivity contribution in [1.82, 2.24) is 14.8 Å². The van der Waals surface area contributed by atoms with E-state index >= 15 is 0 Å². The Balaban J connectivity index is 2.01. The number of piperazine rings is 1. The van der Waals surface area contributed by atoms with Crippen molar-refractivity contribution in [2.24, 2.45) is 0 Å². The molecule has 1 aliphatic rings. The van der Waals surface area contributed by atoms with Crippen LogP contribution in [-0.2, 0) is 6.42 Å². The normalized spacial score (nSPS) is 16.6. The zero-order valence-corrected chi connectivity index (χ0v) is 11.4. The van der Waals surface area contributed by atoms with Crippen molar-refractivity contribution in [3.8, 4) is 0 Å². The fraction of sp³-hybridized carbons (Fsp3) is 0.571. The maximum absolute atomic E-state index is 12.4. The van der Waals surface area contributed by atoms with Gasteiger partial charge in [-0.05, 0) is 18.7 Å². The maximum Gasteiger partial charge on any atom is 0.254 e. The number of nitrogens with zero attached hydrogens (tertiary/aromatic N) is 3. The molecule has 2 rings (SSSR count). The number of likely N-dealkylation sites (N-methyl/N-ethyl adjacent to an activating group) is 1. The summed E-state index contributed by atoms with van der Waals surface area (Å²) in [5.41, 5.74) is 1.43. The number of carbonyl (C=O) groups excluding carboxylic acids is 1. The topological polar surface area (TPSA) is 56.7 Å². The van der Waals surface area contributed by atoms with Crippen molar-refractivity contribution in [3.63, 3.8) is 0 Å². The summed E-state index contributed by atoms with van der Waals surface area (Å²) >= 11 is 0. The van der Waals surface area contributed by atoms with Gasteiger partial charge in [-0.2, -0.15) is 0 Å². The predicted octanol–water partition coefficient (Wildman–Crippen LogP) is 0.394. The molecule has 0 aromatic carbocycles. The Hall–Kier alpha value is -1.46. The highest BCUT2D eigenvalue weighted by Gasteiger charge is 2.21. The van der Waals surface area contributed by atoms with Gasteiger partial charge in [0.1, 0.15) is 0 Å². The van der Waals surface area contributed by atoms with Crippen LogP contribution in [0.5, 0.6) is 0 Å². The Morgan fingerprint density at radius 2 is 2.11 bits per heavy atom. The van der Waals surface area contributed by atoms with Crippen molar-refractivity contribution in [3.05, 3.63) is 29.6 Å². The maximum atomic E-state index is 12.4. The molecule has 1 fully saturated rings. The summed E-state index contributed by atoms with van der Waals surface area (Å²) in [5.74, 6) is 0.0670. The van der Waals surface area contributed by atoms with E-state index in [2.05, 4.69) is 16.8 Å². The number of hydrogen-bond donors (Lipinski definition) is 1. The average Bonchev–Trinajstić information content (AvgIpc) is 2.47. The van der Waals surface area contributed by atoms with E-state index in [1.54, 1.807) is 18.3 Å². The smallest absolute Gasteiger partial charge is 0.254 e. The van der Waals surface area contributed by atoms with Crippen molar-refractivity contribution in [2.75, 3.05) is 39.3 Å². The van der Waals surface area contributed by atoms with Crippen LogP contribution in [0, 0.1) is 0 Å².